The molecule has 4 aliphatic heterocycles. The largest absolute Gasteiger partial charge is 0.506 e. The Morgan fingerprint density at radius 1 is 1.26 bits per heavy atom. The smallest absolute Gasteiger partial charge is 0.318 e. The van der Waals surface area contributed by atoms with Crippen molar-refractivity contribution >= 4 is 29.0 Å². The lowest BCUT2D eigenvalue weighted by atomic mass is 9.74. The number of halogens is 2. The average Bonchev–Trinajstić information content (AvgIpc) is 3.47. The van der Waals surface area contributed by atoms with Crippen molar-refractivity contribution in [3.63, 3.8) is 0 Å². The minimum atomic E-state index is -0.863. The van der Waals surface area contributed by atoms with E-state index < -0.39 is 11.8 Å². The third-order valence-electron chi connectivity index (χ3n) is 10.4. The number of likely N-dealkylation sites (N-methyl/N-ethyl adjacent to an activating group) is 1. The van der Waals surface area contributed by atoms with Crippen LogP contribution in [0.4, 0.5) is 10.2 Å². The van der Waals surface area contributed by atoms with Crippen molar-refractivity contribution in [1.82, 2.24) is 19.8 Å². The fourth-order valence-corrected chi connectivity index (χ4v) is 8.55. The van der Waals surface area contributed by atoms with E-state index in [-0.39, 0.29) is 35.5 Å². The van der Waals surface area contributed by atoms with Crippen LogP contribution in [-0.2, 0) is 34.6 Å². The van der Waals surface area contributed by atoms with Gasteiger partial charge in [0.1, 0.15) is 29.9 Å². The molecule has 0 saturated carbocycles. The Balaban J connectivity index is 1.26. The van der Waals surface area contributed by atoms with Crippen LogP contribution in [-0.4, -0.2) is 102 Å². The molecule has 252 valence electrons. The molecule has 1 amide bonds. The number of hydrogen-bond acceptors (Lipinski definition) is 10. The standard InChI is InChI=1S/C34H43ClFN7O4/c1-41(2)31(45)25(37)14-23-18-42(12-5-11-38-23)30-24-19-47-34(10-3-6-21-7-8-27(44)29(35)28(21)34)16-26(24)39-32(40-30)46-20-33-9-4-13-43(33)17-22(36)15-33/h7-8,14,22,44H,3-6,9-13,15-20,37H2,1-2H3/b25-14-/t22?,33-,34?/m0/s1. The van der Waals surface area contributed by atoms with Gasteiger partial charge in [0.25, 0.3) is 5.91 Å². The van der Waals surface area contributed by atoms with Crippen LogP contribution in [0.15, 0.2) is 28.9 Å². The highest BCUT2D eigenvalue weighted by Crippen LogP contribution is 2.50. The van der Waals surface area contributed by atoms with Crippen molar-refractivity contribution in [3.05, 3.63) is 51.3 Å². The molecule has 47 heavy (non-hydrogen) atoms. The number of fused-ring (bicyclic) bond motifs is 4. The first-order valence-electron chi connectivity index (χ1n) is 16.6. The lowest BCUT2D eigenvalue weighted by molar-refractivity contribution is -0.124. The number of aromatic nitrogens is 2. The van der Waals surface area contributed by atoms with E-state index in [2.05, 4.69) is 9.80 Å². The predicted molar refractivity (Wildman–Crippen MR) is 177 cm³/mol. The summed E-state index contributed by atoms with van der Waals surface area (Å²) in [5.74, 6) is 0.444. The number of carbonyl (C=O) groups excluding carboxylic acids is 1. The van der Waals surface area contributed by atoms with Gasteiger partial charge in [-0.05, 0) is 62.8 Å². The van der Waals surface area contributed by atoms with Crippen LogP contribution in [0.1, 0.15) is 60.9 Å². The van der Waals surface area contributed by atoms with Crippen molar-refractivity contribution in [2.45, 2.75) is 75.3 Å². The number of aryl methyl sites for hydroxylation is 1. The number of alkyl halides is 1. The molecule has 1 spiro atoms. The summed E-state index contributed by atoms with van der Waals surface area (Å²) < 4.78 is 27.8. The van der Waals surface area contributed by atoms with Crippen molar-refractivity contribution in [1.29, 1.82) is 0 Å². The summed E-state index contributed by atoms with van der Waals surface area (Å²) >= 11 is 6.76. The molecule has 1 aromatic heterocycles. The zero-order valence-electron chi connectivity index (χ0n) is 27.1. The van der Waals surface area contributed by atoms with Gasteiger partial charge in [-0.1, -0.05) is 17.7 Å². The molecule has 5 aliphatic rings. The van der Waals surface area contributed by atoms with E-state index in [4.69, 9.17) is 41.8 Å². The SMILES string of the molecule is CN(C)C(=O)/C(N)=C/C1=NCCCN(c2nc(OC[C@@]34CCCN3CC(F)C4)nc3c2COC2(CCCc4ccc(O)c(Cl)c42)C3)C1. The minimum absolute atomic E-state index is 0.0352. The third-order valence-corrected chi connectivity index (χ3v) is 10.8. The lowest BCUT2D eigenvalue weighted by Crippen LogP contribution is -2.44. The zero-order chi connectivity index (χ0) is 32.9. The second kappa shape index (κ2) is 12.5. The van der Waals surface area contributed by atoms with Gasteiger partial charge in [0.15, 0.2) is 0 Å². The van der Waals surface area contributed by atoms with Crippen LogP contribution in [0, 0.1) is 0 Å². The Morgan fingerprint density at radius 3 is 2.94 bits per heavy atom. The molecule has 3 N–H and O–H groups in total. The minimum Gasteiger partial charge on any atom is -0.506 e. The van der Waals surface area contributed by atoms with Gasteiger partial charge in [0.05, 0.1) is 40.8 Å². The second-order valence-electron chi connectivity index (χ2n) is 13.8. The molecule has 0 bridgehead atoms. The molecule has 2 unspecified atom stereocenters. The fourth-order valence-electron chi connectivity index (χ4n) is 8.19. The number of rotatable bonds is 6. The molecular formula is C34H43ClFN7O4. The Hall–Kier alpha value is -3.48. The third kappa shape index (κ3) is 5.93. The van der Waals surface area contributed by atoms with Crippen LogP contribution in [0.2, 0.25) is 5.02 Å². The summed E-state index contributed by atoms with van der Waals surface area (Å²) in [5, 5.41) is 10.9. The number of phenols is 1. The summed E-state index contributed by atoms with van der Waals surface area (Å²) in [5.41, 5.74) is 9.43. The maximum atomic E-state index is 14.6. The summed E-state index contributed by atoms with van der Waals surface area (Å²) in [6.07, 6.45) is 6.85. The zero-order valence-corrected chi connectivity index (χ0v) is 27.9. The van der Waals surface area contributed by atoms with Crippen molar-refractivity contribution < 1.29 is 23.8 Å². The Labute approximate surface area is 279 Å². The summed E-state index contributed by atoms with van der Waals surface area (Å²) in [6, 6.07) is 3.82. The average molecular weight is 668 g/mol. The molecule has 11 nitrogen and oxygen atoms in total. The number of benzene rings is 1. The number of anilines is 1. The van der Waals surface area contributed by atoms with Gasteiger partial charge in [0, 0.05) is 57.7 Å². The van der Waals surface area contributed by atoms with Gasteiger partial charge in [-0.15, -0.1) is 0 Å². The number of carbonyl (C=O) groups is 1. The van der Waals surface area contributed by atoms with Crippen LogP contribution in [0.5, 0.6) is 11.8 Å². The molecule has 1 aromatic carbocycles. The highest BCUT2D eigenvalue weighted by Gasteiger charge is 2.50. The monoisotopic (exact) mass is 667 g/mol. The van der Waals surface area contributed by atoms with Gasteiger partial charge in [-0.3, -0.25) is 14.7 Å². The van der Waals surface area contributed by atoms with E-state index in [1.807, 2.05) is 6.07 Å². The molecule has 13 heteroatoms. The first-order valence-corrected chi connectivity index (χ1v) is 17.0. The van der Waals surface area contributed by atoms with E-state index in [9.17, 15) is 14.3 Å². The van der Waals surface area contributed by atoms with E-state index in [1.165, 1.54) is 4.90 Å². The molecule has 2 fully saturated rings. The first-order chi connectivity index (χ1) is 22.6. The van der Waals surface area contributed by atoms with Crippen LogP contribution in [0.25, 0.3) is 0 Å². The van der Waals surface area contributed by atoms with Crippen molar-refractivity contribution in [2.24, 2.45) is 10.7 Å². The Kier molecular flexibility index (Phi) is 8.55. The first kappa shape index (κ1) is 32.1. The van der Waals surface area contributed by atoms with Gasteiger partial charge in [0.2, 0.25) is 0 Å². The van der Waals surface area contributed by atoms with Crippen LogP contribution >= 0.6 is 11.6 Å². The molecule has 1 aliphatic carbocycles. The number of aliphatic imine (C=N–C) groups is 1. The molecule has 7 rings (SSSR count). The van der Waals surface area contributed by atoms with E-state index >= 15 is 0 Å². The number of ether oxygens (including phenoxy) is 2. The van der Waals surface area contributed by atoms with E-state index in [1.54, 1.807) is 26.2 Å². The Bertz CT molecular complexity index is 1640. The summed E-state index contributed by atoms with van der Waals surface area (Å²) in [6.45, 7) is 3.51. The highest BCUT2D eigenvalue weighted by atomic mass is 35.5. The molecule has 2 saturated heterocycles. The maximum absolute atomic E-state index is 14.6. The summed E-state index contributed by atoms with van der Waals surface area (Å²) in [7, 11) is 3.32. The fraction of sp³-hybridized carbons (Fsp3) is 0.588. The van der Waals surface area contributed by atoms with Crippen molar-refractivity contribution in [2.75, 3.05) is 58.3 Å². The van der Waals surface area contributed by atoms with Crippen LogP contribution in [0.3, 0.4) is 0 Å². The number of nitrogens with two attached hydrogens (primary N) is 1. The number of nitrogens with zero attached hydrogens (tertiary/aromatic N) is 6. The van der Waals surface area contributed by atoms with Crippen LogP contribution < -0.4 is 15.4 Å². The number of amides is 1. The van der Waals surface area contributed by atoms with Crippen molar-refractivity contribution in [3.8, 4) is 11.8 Å². The van der Waals surface area contributed by atoms with E-state index in [0.717, 1.165) is 67.5 Å². The number of hydrogen-bond donors (Lipinski definition) is 2. The normalized spacial score (nSPS) is 27.6. The topological polar surface area (TPSA) is 130 Å². The maximum Gasteiger partial charge on any atom is 0.318 e. The molecule has 3 atom stereocenters. The van der Waals surface area contributed by atoms with Gasteiger partial charge >= 0.3 is 6.01 Å². The molecular weight excluding hydrogens is 625 g/mol. The van der Waals surface area contributed by atoms with Gasteiger partial charge in [-0.25, -0.2) is 4.39 Å². The molecule has 5 heterocycles. The summed E-state index contributed by atoms with van der Waals surface area (Å²) in [4.78, 5) is 33.0. The highest BCUT2D eigenvalue weighted by molar-refractivity contribution is 6.33. The molecule has 0 radical (unpaired) electrons. The second-order valence-corrected chi connectivity index (χ2v) is 14.2. The Morgan fingerprint density at radius 2 is 2.11 bits per heavy atom. The van der Waals surface area contributed by atoms with Gasteiger partial charge < -0.3 is 30.1 Å². The van der Waals surface area contributed by atoms with Gasteiger partial charge in [-0.2, -0.15) is 9.97 Å². The number of aromatic hydroxyl groups is 1. The number of phenolic OH excluding ortho intramolecular Hbond substituents is 1. The van der Waals surface area contributed by atoms with E-state index in [0.29, 0.717) is 62.2 Å². The molecule has 2 aromatic rings. The predicted octanol–water partition coefficient (Wildman–Crippen LogP) is 3.68. The quantitative estimate of drug-likeness (QED) is 0.443. The lowest BCUT2D eigenvalue weighted by Gasteiger charge is -2.43.